The number of ether oxygens (including phenoxy) is 2. The van der Waals surface area contributed by atoms with Crippen molar-refractivity contribution in [1.82, 2.24) is 5.32 Å². The third-order valence-corrected chi connectivity index (χ3v) is 6.57. The molecule has 1 fully saturated rings. The van der Waals surface area contributed by atoms with Gasteiger partial charge in [-0.15, -0.1) is 0 Å². The Morgan fingerprint density at radius 1 is 1.19 bits per heavy atom. The molecule has 9 nitrogen and oxygen atoms in total. The number of carboxylic acid groups (broad SMARTS) is 1. The van der Waals surface area contributed by atoms with Crippen LogP contribution in [0, 0.1) is 0 Å². The summed E-state index contributed by atoms with van der Waals surface area (Å²) >= 11 is 0. The van der Waals surface area contributed by atoms with Crippen LogP contribution in [-0.4, -0.2) is 53.0 Å². The number of carbonyl (C=O) groups excluding carboxylic acids is 2. The van der Waals surface area contributed by atoms with Gasteiger partial charge in [-0.2, -0.15) is 0 Å². The smallest absolute Gasteiger partial charge is 0.337 e. The second kappa shape index (κ2) is 8.08. The van der Waals surface area contributed by atoms with Gasteiger partial charge in [0.15, 0.2) is 11.5 Å². The molecule has 0 saturated carbocycles. The van der Waals surface area contributed by atoms with E-state index in [0.29, 0.717) is 42.2 Å². The molecule has 0 spiro atoms. The number of nitrogens with zero attached hydrogens (tertiary/aromatic N) is 2. The minimum Gasteiger partial charge on any atom is -0.490 e. The number of hydrogen-bond acceptors (Lipinski definition) is 6. The van der Waals surface area contributed by atoms with Gasteiger partial charge in [0.2, 0.25) is 0 Å². The lowest BCUT2D eigenvalue weighted by molar-refractivity contribution is -0.115. The van der Waals surface area contributed by atoms with Crippen molar-refractivity contribution in [1.29, 1.82) is 0 Å². The van der Waals surface area contributed by atoms with Crippen molar-refractivity contribution in [2.24, 2.45) is 4.99 Å². The number of fused-ring (bicyclic) bond motifs is 3. The van der Waals surface area contributed by atoms with Crippen LogP contribution >= 0.6 is 0 Å². The van der Waals surface area contributed by atoms with Crippen molar-refractivity contribution < 1.29 is 29.0 Å². The Bertz CT molecular complexity index is 1340. The van der Waals surface area contributed by atoms with Crippen LogP contribution in [0.2, 0.25) is 0 Å². The Kier molecular flexibility index (Phi) is 5.35. The van der Waals surface area contributed by atoms with E-state index in [4.69, 9.17) is 14.5 Å². The average molecular weight is 492 g/mol. The van der Waals surface area contributed by atoms with Crippen LogP contribution in [-0.2, 0) is 17.6 Å². The summed E-state index contributed by atoms with van der Waals surface area (Å²) in [4.78, 5) is 42.8. The highest BCUT2D eigenvalue weighted by atomic mass is 16.5. The maximum atomic E-state index is 12.5. The number of hydrogen-bond donors (Lipinski definition) is 2. The van der Waals surface area contributed by atoms with Gasteiger partial charge >= 0.3 is 12.0 Å². The minimum absolute atomic E-state index is 0.0202. The van der Waals surface area contributed by atoms with Gasteiger partial charge in [0, 0.05) is 23.1 Å². The highest BCUT2D eigenvalue weighted by Gasteiger charge is 2.40. The van der Waals surface area contributed by atoms with Crippen molar-refractivity contribution >= 4 is 29.3 Å². The first kappa shape index (κ1) is 23.8. The molecule has 2 aromatic rings. The van der Waals surface area contributed by atoms with Gasteiger partial charge in [-0.05, 0) is 64.8 Å². The summed E-state index contributed by atoms with van der Waals surface area (Å²) in [5, 5.41) is 12.2. The maximum Gasteiger partial charge on any atom is 0.337 e. The molecule has 0 atom stereocenters. The van der Waals surface area contributed by atoms with Crippen LogP contribution in [0.25, 0.3) is 0 Å². The number of nitrogens with one attached hydrogen (secondary N) is 1. The predicted octanol–water partition coefficient (Wildman–Crippen LogP) is 3.73. The third-order valence-electron chi connectivity index (χ3n) is 6.57. The summed E-state index contributed by atoms with van der Waals surface area (Å²) < 4.78 is 12.3. The van der Waals surface area contributed by atoms with Crippen LogP contribution in [0.5, 0.6) is 11.5 Å². The summed E-state index contributed by atoms with van der Waals surface area (Å²) in [5.41, 5.74) is 3.29. The number of anilines is 1. The van der Waals surface area contributed by atoms with E-state index < -0.39 is 29.0 Å². The van der Waals surface area contributed by atoms with E-state index >= 15 is 0 Å². The zero-order valence-electron chi connectivity index (χ0n) is 21.0. The largest absolute Gasteiger partial charge is 0.490 e. The summed E-state index contributed by atoms with van der Waals surface area (Å²) in [6.45, 7) is 10.4. The number of urea groups is 1. The Labute approximate surface area is 209 Å². The van der Waals surface area contributed by atoms with E-state index in [1.54, 1.807) is 12.1 Å². The molecule has 0 aliphatic carbocycles. The van der Waals surface area contributed by atoms with Gasteiger partial charge in [0.25, 0.3) is 5.91 Å². The second-order valence-corrected chi connectivity index (χ2v) is 10.6. The van der Waals surface area contributed by atoms with E-state index in [2.05, 4.69) is 5.32 Å². The lowest BCUT2D eigenvalue weighted by Gasteiger charge is -2.31. The van der Waals surface area contributed by atoms with E-state index in [-0.39, 0.29) is 17.8 Å². The molecule has 188 valence electrons. The Morgan fingerprint density at radius 3 is 2.58 bits per heavy atom. The molecule has 0 unspecified atom stereocenters. The van der Waals surface area contributed by atoms with Gasteiger partial charge in [0.1, 0.15) is 5.60 Å². The molecule has 2 N–H and O–H groups in total. The molecule has 0 bridgehead atoms. The van der Waals surface area contributed by atoms with Crippen LogP contribution in [0.4, 0.5) is 10.5 Å². The van der Waals surface area contributed by atoms with Crippen molar-refractivity contribution in [2.45, 2.75) is 58.6 Å². The quantitative estimate of drug-likeness (QED) is 0.616. The molecule has 0 radical (unpaired) electrons. The summed E-state index contributed by atoms with van der Waals surface area (Å²) in [5.74, 6) is -0.337. The van der Waals surface area contributed by atoms with Crippen LogP contribution in [0.1, 0.15) is 67.2 Å². The number of benzene rings is 2. The van der Waals surface area contributed by atoms with Crippen molar-refractivity contribution in [3.63, 3.8) is 0 Å². The number of rotatable bonds is 5. The summed E-state index contributed by atoms with van der Waals surface area (Å²) in [6.07, 6.45) is 1.34. The molecule has 3 aliphatic heterocycles. The zero-order valence-corrected chi connectivity index (χ0v) is 21.0. The molecule has 1 saturated heterocycles. The standard InChI is InChI=1S/C27H29N3O6/c1-6-35-19-10-15-11-26(2,3)29-22(21(15)17-12-27(4,5)36-23(17)19)14-7-8-16(24(32)33)18(9-14)30-20(31)13-28-25(30)34/h7-10H,6,11-13H2,1-5H3,(H,28,34)(H,32,33). The lowest BCUT2D eigenvalue weighted by atomic mass is 9.80. The molecular weight excluding hydrogens is 462 g/mol. The van der Waals surface area contributed by atoms with Crippen molar-refractivity contribution in [3.8, 4) is 11.5 Å². The minimum atomic E-state index is -1.23. The fraction of sp³-hybridized carbons (Fsp3) is 0.407. The van der Waals surface area contributed by atoms with Gasteiger partial charge < -0.3 is 19.9 Å². The number of carbonyl (C=O) groups is 3. The number of imide groups is 1. The Hall–Kier alpha value is -3.88. The predicted molar refractivity (Wildman–Crippen MR) is 134 cm³/mol. The van der Waals surface area contributed by atoms with Crippen molar-refractivity contribution in [3.05, 3.63) is 52.1 Å². The van der Waals surface area contributed by atoms with Gasteiger partial charge in [0.05, 0.1) is 35.7 Å². The Balaban J connectivity index is 1.74. The summed E-state index contributed by atoms with van der Waals surface area (Å²) in [7, 11) is 0. The zero-order chi connectivity index (χ0) is 26.0. The van der Waals surface area contributed by atoms with Gasteiger partial charge in [-0.3, -0.25) is 9.79 Å². The first-order valence-electron chi connectivity index (χ1n) is 12.0. The van der Waals surface area contributed by atoms with E-state index in [1.165, 1.54) is 6.07 Å². The monoisotopic (exact) mass is 491 g/mol. The second-order valence-electron chi connectivity index (χ2n) is 10.6. The molecule has 3 amide bonds. The fourth-order valence-corrected chi connectivity index (χ4v) is 5.25. The van der Waals surface area contributed by atoms with E-state index in [0.717, 1.165) is 21.6 Å². The van der Waals surface area contributed by atoms with Gasteiger partial charge in [-0.25, -0.2) is 14.5 Å². The first-order chi connectivity index (χ1) is 16.9. The number of aromatic carboxylic acids is 1. The third kappa shape index (κ3) is 3.88. The molecule has 36 heavy (non-hydrogen) atoms. The lowest BCUT2D eigenvalue weighted by Crippen LogP contribution is -2.33. The summed E-state index contributed by atoms with van der Waals surface area (Å²) in [6, 6.07) is 6.03. The molecular formula is C27H29N3O6. The number of aliphatic imine (C=N–C) groups is 1. The van der Waals surface area contributed by atoms with Crippen LogP contribution in [0.3, 0.4) is 0 Å². The SMILES string of the molecule is CCOc1cc2c(c3c1OC(C)(C)C3)C(c1ccc(C(=O)O)c(N3C(=O)CNC3=O)c1)=NC(C)(C)C2. The van der Waals surface area contributed by atoms with Crippen molar-refractivity contribution in [2.75, 3.05) is 18.1 Å². The number of amides is 3. The normalized spacial score (nSPS) is 19.2. The maximum absolute atomic E-state index is 12.5. The Morgan fingerprint density at radius 2 is 1.94 bits per heavy atom. The molecule has 3 aliphatic rings. The first-order valence-corrected chi connectivity index (χ1v) is 12.0. The van der Waals surface area contributed by atoms with Crippen LogP contribution < -0.4 is 19.7 Å². The van der Waals surface area contributed by atoms with Crippen LogP contribution in [0.15, 0.2) is 29.3 Å². The highest BCUT2D eigenvalue weighted by molar-refractivity contribution is 6.23. The van der Waals surface area contributed by atoms with E-state index in [9.17, 15) is 19.5 Å². The van der Waals surface area contributed by atoms with E-state index in [1.807, 2.05) is 40.7 Å². The molecule has 0 aromatic heterocycles. The number of carboxylic acids is 1. The molecule has 9 heteroatoms. The fourth-order valence-electron chi connectivity index (χ4n) is 5.25. The highest BCUT2D eigenvalue weighted by Crippen LogP contribution is 2.48. The van der Waals surface area contributed by atoms with Gasteiger partial charge in [-0.1, -0.05) is 6.07 Å². The molecule has 2 aromatic carbocycles. The molecule has 3 heterocycles. The topological polar surface area (TPSA) is 118 Å². The molecule has 5 rings (SSSR count). The average Bonchev–Trinajstić information content (AvgIpc) is 3.29.